The first-order valence-electron chi connectivity index (χ1n) is 9.27. The number of likely N-dealkylation sites (N-methyl/N-ethyl adjacent to an activating group) is 1. The van der Waals surface area contributed by atoms with Gasteiger partial charge in [-0.15, -0.1) is 0 Å². The van der Waals surface area contributed by atoms with E-state index in [1.807, 2.05) is 13.1 Å². The number of rotatable bonds is 7. The number of anilines is 1. The fraction of sp³-hybridized carbons (Fsp3) is 0.182. The van der Waals surface area contributed by atoms with Crippen LogP contribution in [0.1, 0.15) is 11.1 Å². The molecule has 30 heavy (non-hydrogen) atoms. The summed E-state index contributed by atoms with van der Waals surface area (Å²) in [4.78, 5) is 12.6. The summed E-state index contributed by atoms with van der Waals surface area (Å²) >= 11 is 0. The zero-order chi connectivity index (χ0) is 21.7. The lowest BCUT2D eigenvalue weighted by Gasteiger charge is -2.13. The van der Waals surface area contributed by atoms with Crippen molar-refractivity contribution in [3.8, 4) is 16.8 Å². The first kappa shape index (κ1) is 21.3. The summed E-state index contributed by atoms with van der Waals surface area (Å²) < 4.78 is 39.6. The minimum Gasteiger partial charge on any atom is -0.383 e. The number of pyridine rings is 1. The van der Waals surface area contributed by atoms with Gasteiger partial charge >= 0.3 is 6.18 Å². The second kappa shape index (κ2) is 8.96. The first-order chi connectivity index (χ1) is 14.3. The number of halogens is 3. The van der Waals surface area contributed by atoms with Gasteiger partial charge < -0.3 is 16.0 Å². The molecule has 8 heteroatoms. The molecule has 0 spiro atoms. The van der Waals surface area contributed by atoms with Crippen LogP contribution in [0.2, 0.25) is 0 Å². The summed E-state index contributed by atoms with van der Waals surface area (Å²) in [7, 11) is 1.85. The van der Waals surface area contributed by atoms with Crippen LogP contribution in [0.3, 0.4) is 0 Å². The summed E-state index contributed by atoms with van der Waals surface area (Å²) in [6, 6.07) is 13.1. The number of aromatic nitrogens is 1. The first-order valence-corrected chi connectivity index (χ1v) is 9.27. The zero-order valence-corrected chi connectivity index (χ0v) is 16.3. The van der Waals surface area contributed by atoms with Gasteiger partial charge in [0.1, 0.15) is 0 Å². The van der Waals surface area contributed by atoms with E-state index >= 15 is 0 Å². The van der Waals surface area contributed by atoms with Crippen LogP contribution in [0, 0.1) is 5.41 Å². The highest BCUT2D eigenvalue weighted by molar-refractivity contribution is 5.86. The molecule has 0 aliphatic rings. The van der Waals surface area contributed by atoms with Gasteiger partial charge in [0.15, 0.2) is 0 Å². The Hall–Kier alpha value is -3.39. The molecule has 5 nitrogen and oxygen atoms in total. The Kier molecular flexibility index (Phi) is 6.37. The van der Waals surface area contributed by atoms with E-state index in [9.17, 15) is 18.0 Å². The van der Waals surface area contributed by atoms with Crippen LogP contribution in [0.15, 0.2) is 65.6 Å². The molecule has 3 rings (SSSR count). The van der Waals surface area contributed by atoms with Crippen LogP contribution in [-0.2, 0) is 6.18 Å². The van der Waals surface area contributed by atoms with Crippen LogP contribution in [-0.4, -0.2) is 30.9 Å². The summed E-state index contributed by atoms with van der Waals surface area (Å²) in [6.45, 7) is 1.46. The standard InChI is InChI=1S/C22H21F3N4O/c1-27-9-10-28-20-7-6-19(12-17(20)14-26)29-11-8-16(13-21(29)30)15-2-4-18(5-3-15)22(23,24)25/h2-8,11-14,26-28H,9-10H2,1H3. The molecule has 0 fully saturated rings. The molecular formula is C22H21F3N4O. The maximum Gasteiger partial charge on any atom is 0.416 e. The lowest BCUT2D eigenvalue weighted by atomic mass is 10.0. The van der Waals surface area contributed by atoms with Crippen LogP contribution in [0.5, 0.6) is 0 Å². The van der Waals surface area contributed by atoms with Crippen LogP contribution in [0.25, 0.3) is 16.8 Å². The predicted octanol–water partition coefficient (Wildman–Crippen LogP) is 4.15. The molecule has 0 saturated carbocycles. The number of nitrogens with one attached hydrogen (secondary N) is 3. The van der Waals surface area contributed by atoms with Gasteiger partial charge in [0, 0.05) is 48.5 Å². The summed E-state index contributed by atoms with van der Waals surface area (Å²) in [5, 5.41) is 13.9. The maximum atomic E-state index is 12.7. The van der Waals surface area contributed by atoms with Crippen molar-refractivity contribution in [3.05, 3.63) is 82.3 Å². The van der Waals surface area contributed by atoms with Crippen molar-refractivity contribution in [1.29, 1.82) is 5.41 Å². The second-order valence-corrected chi connectivity index (χ2v) is 6.64. The van der Waals surface area contributed by atoms with E-state index in [0.29, 0.717) is 28.9 Å². The topological polar surface area (TPSA) is 69.9 Å². The molecule has 0 bridgehead atoms. The number of alkyl halides is 3. The monoisotopic (exact) mass is 414 g/mol. The van der Waals surface area contributed by atoms with Crippen molar-refractivity contribution in [2.24, 2.45) is 0 Å². The third kappa shape index (κ3) is 4.77. The fourth-order valence-electron chi connectivity index (χ4n) is 3.03. The Balaban J connectivity index is 1.88. The molecule has 156 valence electrons. The quantitative estimate of drug-likeness (QED) is 0.402. The van der Waals surface area contributed by atoms with Crippen molar-refractivity contribution in [2.75, 3.05) is 25.5 Å². The zero-order valence-electron chi connectivity index (χ0n) is 16.3. The maximum absolute atomic E-state index is 12.7. The number of benzene rings is 2. The van der Waals surface area contributed by atoms with Crippen LogP contribution < -0.4 is 16.2 Å². The van der Waals surface area contributed by atoms with E-state index in [1.165, 1.54) is 29.0 Å². The van der Waals surface area contributed by atoms with Crippen molar-refractivity contribution in [1.82, 2.24) is 9.88 Å². The van der Waals surface area contributed by atoms with Gasteiger partial charge in [0.2, 0.25) is 0 Å². The smallest absolute Gasteiger partial charge is 0.383 e. The van der Waals surface area contributed by atoms with E-state index in [4.69, 9.17) is 5.41 Å². The van der Waals surface area contributed by atoms with E-state index in [-0.39, 0.29) is 5.56 Å². The molecule has 0 atom stereocenters. The molecule has 1 heterocycles. The molecule has 2 aromatic carbocycles. The third-order valence-corrected chi connectivity index (χ3v) is 4.62. The molecule has 1 aromatic heterocycles. The Morgan fingerprint density at radius 2 is 1.73 bits per heavy atom. The largest absolute Gasteiger partial charge is 0.416 e. The predicted molar refractivity (Wildman–Crippen MR) is 113 cm³/mol. The van der Waals surface area contributed by atoms with E-state index in [0.717, 1.165) is 24.4 Å². The molecule has 0 saturated heterocycles. The summed E-state index contributed by atoms with van der Waals surface area (Å²) in [6.07, 6.45) is -1.61. The molecule has 3 aromatic rings. The number of hydrogen-bond donors (Lipinski definition) is 3. The average Bonchev–Trinajstić information content (AvgIpc) is 2.73. The van der Waals surface area contributed by atoms with Gasteiger partial charge in [-0.2, -0.15) is 13.2 Å². The Morgan fingerprint density at radius 1 is 1.00 bits per heavy atom. The fourth-order valence-corrected chi connectivity index (χ4v) is 3.03. The number of nitrogens with zero attached hydrogens (tertiary/aromatic N) is 1. The van der Waals surface area contributed by atoms with Gasteiger partial charge in [-0.25, -0.2) is 0 Å². The molecule has 0 radical (unpaired) electrons. The van der Waals surface area contributed by atoms with Gasteiger partial charge in [-0.05, 0) is 54.6 Å². The van der Waals surface area contributed by atoms with Crippen molar-refractivity contribution >= 4 is 11.9 Å². The molecule has 0 aliphatic heterocycles. The van der Waals surface area contributed by atoms with Crippen LogP contribution >= 0.6 is 0 Å². The van der Waals surface area contributed by atoms with E-state index < -0.39 is 11.7 Å². The Labute approximate surface area is 171 Å². The lowest BCUT2D eigenvalue weighted by Crippen LogP contribution is -2.19. The second-order valence-electron chi connectivity index (χ2n) is 6.64. The van der Waals surface area contributed by atoms with Gasteiger partial charge in [0.05, 0.1) is 5.56 Å². The molecule has 0 unspecified atom stereocenters. The van der Waals surface area contributed by atoms with Crippen molar-refractivity contribution in [3.63, 3.8) is 0 Å². The van der Waals surface area contributed by atoms with Crippen molar-refractivity contribution < 1.29 is 13.2 Å². The minimum atomic E-state index is -4.40. The SMILES string of the molecule is CNCCNc1ccc(-n2ccc(-c3ccc(C(F)(F)F)cc3)cc2=O)cc1C=N. The minimum absolute atomic E-state index is 0.320. The summed E-state index contributed by atoms with van der Waals surface area (Å²) in [5.74, 6) is 0. The van der Waals surface area contributed by atoms with Gasteiger partial charge in [-0.3, -0.25) is 9.36 Å². The highest BCUT2D eigenvalue weighted by Crippen LogP contribution is 2.30. The van der Waals surface area contributed by atoms with Crippen LogP contribution in [0.4, 0.5) is 18.9 Å². The molecule has 3 N–H and O–H groups in total. The summed E-state index contributed by atoms with van der Waals surface area (Å²) in [5.41, 5.74) is 2.03. The van der Waals surface area contributed by atoms with Crippen molar-refractivity contribution in [2.45, 2.75) is 6.18 Å². The number of hydrogen-bond acceptors (Lipinski definition) is 4. The average molecular weight is 414 g/mol. The highest BCUT2D eigenvalue weighted by Gasteiger charge is 2.29. The van der Waals surface area contributed by atoms with Gasteiger partial charge in [-0.1, -0.05) is 12.1 Å². The van der Waals surface area contributed by atoms with E-state index in [1.54, 1.807) is 24.4 Å². The Bertz CT molecular complexity index is 1090. The Morgan fingerprint density at radius 3 is 2.33 bits per heavy atom. The molecule has 0 aliphatic carbocycles. The highest BCUT2D eigenvalue weighted by atomic mass is 19.4. The van der Waals surface area contributed by atoms with E-state index in [2.05, 4.69) is 10.6 Å². The van der Waals surface area contributed by atoms with Gasteiger partial charge in [0.25, 0.3) is 5.56 Å². The lowest BCUT2D eigenvalue weighted by molar-refractivity contribution is -0.137. The third-order valence-electron chi connectivity index (χ3n) is 4.62. The molecule has 0 amide bonds. The molecular weight excluding hydrogens is 393 g/mol. The normalized spacial score (nSPS) is 11.3.